The van der Waals surface area contributed by atoms with E-state index in [4.69, 9.17) is 33.8 Å². The van der Waals surface area contributed by atoms with Gasteiger partial charge in [0.25, 0.3) is 0 Å². The van der Waals surface area contributed by atoms with Crippen LogP contribution in [0.5, 0.6) is 0 Å². The minimum absolute atomic E-state index is 0.00533. The molecule has 0 saturated carbocycles. The van der Waals surface area contributed by atoms with Crippen LogP contribution in [0.2, 0.25) is 0 Å². The Morgan fingerprint density at radius 1 is 0.630 bits per heavy atom. The van der Waals surface area contributed by atoms with Crippen molar-refractivity contribution in [3.05, 3.63) is 36.0 Å². The number of hydrogen-bond acceptors (Lipinski definition) is 19. The lowest BCUT2D eigenvalue weighted by Gasteiger charge is -2.30. The van der Waals surface area contributed by atoms with Gasteiger partial charge in [0.1, 0.15) is 66.5 Å². The summed E-state index contributed by atoms with van der Waals surface area (Å²) in [5, 5.41) is 67.0. The first-order valence-electron chi connectivity index (χ1n) is 29.9. The van der Waals surface area contributed by atoms with E-state index in [-0.39, 0.29) is 102 Å². The lowest BCUT2D eigenvalue weighted by atomic mass is 10.0. The van der Waals surface area contributed by atoms with E-state index in [2.05, 4.69) is 68.8 Å². The van der Waals surface area contributed by atoms with E-state index in [0.717, 1.165) is 31.9 Å². The summed E-state index contributed by atoms with van der Waals surface area (Å²) in [6.45, 7) is -0.502. The molecule has 0 aliphatic carbocycles. The maximum absolute atomic E-state index is 14.6. The molecule has 506 valence electrons. The molecule has 2 bridgehead atoms. The molecule has 37 heteroatoms. The standard InChI is InChI=1S/C55H84N20O15S2/c1-27-44(81)70-35(21-29-20-28-10-5-6-11-30(28)65-29)49(86)68-33(14-7-17-62-54(58)59)48(85)73-38(43(57)80)25-91-92-26-39-51(88)72-37(24-76)50(87)71-36(22-42(78)79)53(90)75-19-9-16-40(75)52(89)69-34(15-8-18-63-55(60)61)47(84)67-32(45(82)64-27)13-4-2-3-12-31(46(83)74-39)66-41(77)23-56/h5-6,10-11,20,27,31-40,65,76H,2-4,7-9,12-19,21-26,56H2,1H3,(H2,57,80)(H,64,82)(H,66,77)(H,67,84)(H,68,86)(H,69,89)(H,70,81)(H,71,87)(H,72,88)(H,73,85)(H,74,83)(H,78,79)(H4,58,59,62)(H4,60,61,63)/t27-,31-,32-,33-,34-,35-,36-,37-,38-,39-,40?/m0/s1. The molecule has 3 aliphatic heterocycles. The van der Waals surface area contributed by atoms with E-state index in [1.54, 1.807) is 24.3 Å². The van der Waals surface area contributed by atoms with Crippen LogP contribution in [-0.4, -0.2) is 220 Å². The topological polar surface area (TPSA) is 578 Å². The molecule has 1 aromatic carbocycles. The highest BCUT2D eigenvalue weighted by Crippen LogP contribution is 2.25. The molecule has 0 radical (unpaired) electrons. The van der Waals surface area contributed by atoms with Crippen LogP contribution >= 0.6 is 21.6 Å². The van der Waals surface area contributed by atoms with Crippen molar-refractivity contribution in [3.8, 4) is 0 Å². The second-order valence-electron chi connectivity index (χ2n) is 22.2. The summed E-state index contributed by atoms with van der Waals surface area (Å²) >= 11 is 0. The molecule has 1 aromatic heterocycles. The molecule has 25 N–H and O–H groups in total. The molecule has 0 spiro atoms. The van der Waals surface area contributed by atoms with Gasteiger partial charge in [0.15, 0.2) is 11.9 Å². The van der Waals surface area contributed by atoms with E-state index in [1.807, 2.05) is 6.07 Å². The van der Waals surface area contributed by atoms with E-state index >= 15 is 0 Å². The zero-order chi connectivity index (χ0) is 67.6. The lowest BCUT2D eigenvalue weighted by Crippen LogP contribution is -2.61. The van der Waals surface area contributed by atoms with Crippen LogP contribution in [0.1, 0.15) is 89.7 Å². The Balaban J connectivity index is 1.64. The quantitative estimate of drug-likeness (QED) is 0.0322. The number of aliphatic hydroxyl groups excluding tert-OH is 1. The summed E-state index contributed by atoms with van der Waals surface area (Å²) in [6, 6.07) is -8.27. The Hall–Kier alpha value is -8.97. The van der Waals surface area contributed by atoms with Gasteiger partial charge >= 0.3 is 5.97 Å². The number of carboxylic acids is 1. The highest BCUT2D eigenvalue weighted by molar-refractivity contribution is 8.76. The minimum Gasteiger partial charge on any atom is -0.481 e. The van der Waals surface area contributed by atoms with Gasteiger partial charge in [0, 0.05) is 48.8 Å². The number of aromatic amines is 1. The number of aromatic nitrogens is 1. The molecule has 3 saturated heterocycles. The fraction of sp³-hybridized carbons (Fsp3) is 0.582. The molecule has 11 atom stereocenters. The number of nitrogens with two attached hydrogens (primary N) is 4. The number of guanidine groups is 2. The zero-order valence-electron chi connectivity index (χ0n) is 50.7. The van der Waals surface area contributed by atoms with Crippen LogP contribution in [0.4, 0.5) is 0 Å². The smallest absolute Gasteiger partial charge is 0.305 e. The monoisotopic (exact) mass is 1330 g/mol. The van der Waals surface area contributed by atoms with Crippen LogP contribution in [0, 0.1) is 10.8 Å². The number of rotatable bonds is 16. The van der Waals surface area contributed by atoms with Crippen molar-refractivity contribution < 1.29 is 72.5 Å². The summed E-state index contributed by atoms with van der Waals surface area (Å²) in [5.74, 6) is -14.9. The molecule has 1 unspecified atom stereocenters. The van der Waals surface area contributed by atoms with E-state index < -0.39 is 181 Å². The fourth-order valence-corrected chi connectivity index (χ4v) is 12.5. The first kappa shape index (κ1) is 73.8. The molecule has 3 fully saturated rings. The molecule has 5 rings (SSSR count). The van der Waals surface area contributed by atoms with E-state index in [1.165, 1.54) is 6.92 Å². The molecular weight excluding hydrogens is 1240 g/mol. The average molecular weight is 1330 g/mol. The number of benzene rings is 1. The molecular formula is C55H84N20O15S2. The van der Waals surface area contributed by atoms with Gasteiger partial charge in [0.05, 0.1) is 19.6 Å². The second-order valence-corrected chi connectivity index (χ2v) is 24.7. The summed E-state index contributed by atoms with van der Waals surface area (Å²) in [6.07, 6.45) is -1.09. The normalized spacial score (nSPS) is 26.1. The summed E-state index contributed by atoms with van der Waals surface area (Å²) in [7, 11) is 1.72. The number of nitrogens with one attached hydrogen (secondary N) is 15. The van der Waals surface area contributed by atoms with Gasteiger partial charge in [-0.25, -0.2) is 0 Å². The fourth-order valence-electron chi connectivity index (χ4n) is 10.2. The Morgan fingerprint density at radius 2 is 1.20 bits per heavy atom. The SMILES string of the molecule is C[C@@H]1NC(=O)[C@@H]2CCCCC[C@H](NC(=O)CN)C(=O)N[C@@H](CSSC[C@@H](C(N)=O)NC(=O)[C@H](CCCNC(=N)N)NC(=O)[C@H](Cc3cc4ccccc4[nH]3)NC1=O)C(=O)N[C@@H](CO)C(=O)N[C@@H](CC(=O)O)C(=O)N1CCCC1C(=O)N[C@@H](CCCNC(=N)N)C(=O)N2. The van der Waals surface area contributed by atoms with Crippen molar-refractivity contribution in [3.63, 3.8) is 0 Å². The van der Waals surface area contributed by atoms with Crippen LogP contribution in [0.15, 0.2) is 30.3 Å². The first-order valence-corrected chi connectivity index (χ1v) is 32.4. The molecule has 35 nitrogen and oxygen atoms in total. The van der Waals surface area contributed by atoms with Crippen LogP contribution in [0.25, 0.3) is 10.9 Å². The second kappa shape index (κ2) is 36.8. The predicted molar refractivity (Wildman–Crippen MR) is 336 cm³/mol. The third-order valence-electron chi connectivity index (χ3n) is 15.1. The minimum atomic E-state index is -1.93. The number of primary amides is 1. The molecule has 12 amide bonds. The van der Waals surface area contributed by atoms with Crippen LogP contribution in [-0.2, 0) is 68.7 Å². The Labute approximate surface area is 536 Å². The van der Waals surface area contributed by atoms with Crippen molar-refractivity contribution in [2.75, 3.05) is 44.3 Å². The van der Waals surface area contributed by atoms with Crippen molar-refractivity contribution in [1.29, 1.82) is 10.8 Å². The number of aliphatic carboxylic acids is 1. The molecule has 2 aromatic rings. The van der Waals surface area contributed by atoms with Crippen molar-refractivity contribution >= 4 is 121 Å². The van der Waals surface area contributed by atoms with Gasteiger partial charge in [-0.05, 0) is 75.8 Å². The van der Waals surface area contributed by atoms with Gasteiger partial charge in [0.2, 0.25) is 70.9 Å². The van der Waals surface area contributed by atoms with Crippen LogP contribution < -0.4 is 86.7 Å². The Morgan fingerprint density at radius 3 is 1.83 bits per heavy atom. The van der Waals surface area contributed by atoms with Crippen LogP contribution in [0.3, 0.4) is 0 Å². The summed E-state index contributed by atoms with van der Waals surface area (Å²) in [4.78, 5) is 186. The van der Waals surface area contributed by atoms with Gasteiger partial charge in [-0.3, -0.25) is 73.1 Å². The highest BCUT2D eigenvalue weighted by atomic mass is 33.1. The molecule has 4 heterocycles. The van der Waals surface area contributed by atoms with Crippen molar-refractivity contribution in [2.24, 2.45) is 22.9 Å². The Bertz CT molecular complexity index is 3000. The first-order chi connectivity index (χ1) is 43.8. The number of aliphatic hydroxyl groups is 1. The number of carboxylic acid groups (broad SMARTS) is 1. The van der Waals surface area contributed by atoms with Gasteiger partial charge in [-0.1, -0.05) is 59.0 Å². The molecule has 3 aliphatic rings. The summed E-state index contributed by atoms with van der Waals surface area (Å²) < 4.78 is 0. The third-order valence-corrected chi connectivity index (χ3v) is 17.5. The van der Waals surface area contributed by atoms with Crippen molar-refractivity contribution in [1.82, 2.24) is 73.7 Å². The largest absolute Gasteiger partial charge is 0.481 e. The number of para-hydroxylation sites is 1. The van der Waals surface area contributed by atoms with Gasteiger partial charge in [-0.2, -0.15) is 0 Å². The number of fused-ring (bicyclic) bond motifs is 11. The van der Waals surface area contributed by atoms with E-state index in [0.29, 0.717) is 11.2 Å². The third kappa shape index (κ3) is 23.4. The zero-order valence-corrected chi connectivity index (χ0v) is 52.3. The number of carbonyl (C=O) groups excluding carboxylic acids is 12. The summed E-state index contributed by atoms with van der Waals surface area (Å²) in [5.41, 5.74) is 23.6. The van der Waals surface area contributed by atoms with Gasteiger partial charge in [-0.15, -0.1) is 0 Å². The predicted octanol–water partition coefficient (Wildman–Crippen LogP) is -6.63. The molecule has 92 heavy (non-hydrogen) atoms. The maximum Gasteiger partial charge on any atom is 0.305 e. The Kier molecular flexibility index (Phi) is 29.5. The van der Waals surface area contributed by atoms with E-state index in [9.17, 15) is 72.5 Å². The average Bonchev–Trinajstić information content (AvgIpc) is 2.59. The number of hydrogen-bond donors (Lipinski definition) is 21. The number of nitrogens with zero attached hydrogens (tertiary/aromatic N) is 1. The van der Waals surface area contributed by atoms with Crippen molar-refractivity contribution in [2.45, 2.75) is 157 Å². The lowest BCUT2D eigenvalue weighted by molar-refractivity contribution is -0.146. The number of carbonyl (C=O) groups is 13. The van der Waals surface area contributed by atoms with Gasteiger partial charge < -0.3 is 107 Å². The number of H-pyrrole nitrogens is 1. The highest BCUT2D eigenvalue weighted by Gasteiger charge is 2.42. The maximum atomic E-state index is 14.6. The number of amides is 12.